The monoisotopic (exact) mass is 660 g/mol. The highest BCUT2D eigenvalue weighted by molar-refractivity contribution is 8.25. The van der Waals surface area contributed by atoms with Gasteiger partial charge in [0.2, 0.25) is 0 Å². The molecule has 0 fully saturated rings. The number of para-hydroxylation sites is 2. The fourth-order valence-electron chi connectivity index (χ4n) is 7.63. The molecule has 0 bridgehead atoms. The number of hydrogen-bond acceptors (Lipinski definition) is 2. The molecule has 230 valence electrons. The minimum Gasteiger partial charge on any atom is -0.292 e. The van der Waals surface area contributed by atoms with Crippen molar-refractivity contribution in [2.75, 3.05) is 0 Å². The molecule has 2 nitrogen and oxygen atoms in total. The maximum Gasteiger partial charge on any atom is 0.147 e. The smallest absolute Gasteiger partial charge is 0.147 e. The molecule has 0 atom stereocenters. The summed E-state index contributed by atoms with van der Waals surface area (Å²) in [7, 11) is 0. The van der Waals surface area contributed by atoms with Crippen LogP contribution in [0, 0.1) is 0 Å². The summed E-state index contributed by atoms with van der Waals surface area (Å²) in [5.74, 6) is 0. The number of imidazole rings is 1. The van der Waals surface area contributed by atoms with E-state index in [-0.39, 0.29) is 0 Å². The fraction of sp³-hybridized carbons (Fsp3) is 0. The van der Waals surface area contributed by atoms with Crippen molar-refractivity contribution < 1.29 is 0 Å². The number of pyridine rings is 1. The Kier molecular flexibility index (Phi) is 6.36. The third-order valence-electron chi connectivity index (χ3n) is 10.0. The van der Waals surface area contributed by atoms with Crippen LogP contribution < -0.4 is 15.9 Å². The Hall–Kier alpha value is -5.60. The number of benzene rings is 8. The van der Waals surface area contributed by atoms with Gasteiger partial charge in [-0.2, -0.15) is 0 Å². The number of aromatic nitrogens is 2. The first kappa shape index (κ1) is 28.4. The Morgan fingerprint density at radius 1 is 0.429 bits per heavy atom. The second-order valence-corrected chi connectivity index (χ2v) is 17.1. The van der Waals surface area contributed by atoms with Gasteiger partial charge in [0.1, 0.15) is 5.65 Å². The largest absolute Gasteiger partial charge is 0.292 e. The maximum absolute atomic E-state index is 6.69. The van der Waals surface area contributed by atoms with Gasteiger partial charge in [-0.1, -0.05) is 157 Å². The molecule has 8 aromatic carbocycles. The van der Waals surface area contributed by atoms with Crippen molar-refractivity contribution >= 4 is 93.7 Å². The highest BCUT2D eigenvalue weighted by Gasteiger charge is 2.25. The molecule has 0 aliphatic rings. The second kappa shape index (κ2) is 11.0. The summed E-state index contributed by atoms with van der Waals surface area (Å²) in [6, 6.07) is 61.2. The van der Waals surface area contributed by atoms with E-state index in [2.05, 4.69) is 180 Å². The molecule has 2 heterocycles. The van der Waals surface area contributed by atoms with E-state index in [4.69, 9.17) is 16.8 Å². The molecule has 0 aliphatic heterocycles. The lowest BCUT2D eigenvalue weighted by atomic mass is 9.96. The van der Waals surface area contributed by atoms with Crippen LogP contribution in [-0.4, -0.2) is 9.38 Å². The van der Waals surface area contributed by atoms with Gasteiger partial charge in [0.05, 0.1) is 16.6 Å². The predicted octanol–water partition coefficient (Wildman–Crippen LogP) is 10.5. The van der Waals surface area contributed by atoms with E-state index in [1.165, 1.54) is 64.7 Å². The van der Waals surface area contributed by atoms with Crippen LogP contribution in [0.2, 0.25) is 0 Å². The minimum atomic E-state index is -2.26. The Bertz CT molecular complexity index is 2920. The molecule has 10 rings (SSSR count). The van der Waals surface area contributed by atoms with Crippen LogP contribution in [-0.2, 0) is 11.8 Å². The van der Waals surface area contributed by atoms with Crippen LogP contribution in [0.1, 0.15) is 0 Å². The summed E-state index contributed by atoms with van der Waals surface area (Å²) < 4.78 is 2.36. The lowest BCUT2D eigenvalue weighted by molar-refractivity contribution is 1.32. The third-order valence-corrected chi connectivity index (χ3v) is 15.0. The number of fused-ring (bicyclic) bond motifs is 11. The average Bonchev–Trinajstić information content (AvgIpc) is 3.57. The SMILES string of the molecule is S=P(c1ccccc1)(c1ccccc1)c1ccc2ccc(-c3ccc4c5ccc6ccccc6c5c5nc6ccccc6n5c4c3)cc2c1. The lowest BCUT2D eigenvalue weighted by Gasteiger charge is -2.24. The Morgan fingerprint density at radius 2 is 1.06 bits per heavy atom. The first-order valence-electron chi connectivity index (χ1n) is 16.6. The highest BCUT2D eigenvalue weighted by atomic mass is 32.4. The molecule has 0 saturated heterocycles. The molecule has 0 amide bonds. The molecule has 0 radical (unpaired) electrons. The van der Waals surface area contributed by atoms with Crippen LogP contribution in [0.25, 0.3) is 71.0 Å². The van der Waals surface area contributed by atoms with Crippen LogP contribution >= 0.6 is 6.04 Å². The third kappa shape index (κ3) is 4.33. The van der Waals surface area contributed by atoms with Crippen molar-refractivity contribution in [3.63, 3.8) is 0 Å². The highest BCUT2D eigenvalue weighted by Crippen LogP contribution is 2.44. The van der Waals surface area contributed by atoms with E-state index < -0.39 is 6.04 Å². The van der Waals surface area contributed by atoms with E-state index >= 15 is 0 Å². The first-order valence-corrected chi connectivity index (χ1v) is 19.4. The fourth-order valence-corrected chi connectivity index (χ4v) is 11.4. The molecular formula is C45H29N2PS. The Balaban J connectivity index is 1.20. The van der Waals surface area contributed by atoms with Gasteiger partial charge in [-0.05, 0) is 84.3 Å². The predicted molar refractivity (Wildman–Crippen MR) is 214 cm³/mol. The molecule has 0 aliphatic carbocycles. The topological polar surface area (TPSA) is 17.3 Å². The van der Waals surface area contributed by atoms with Gasteiger partial charge in [-0.15, -0.1) is 0 Å². The molecule has 0 unspecified atom stereocenters. The normalized spacial score (nSPS) is 12.2. The van der Waals surface area contributed by atoms with Crippen LogP contribution in [0.3, 0.4) is 0 Å². The van der Waals surface area contributed by atoms with Gasteiger partial charge in [0.15, 0.2) is 0 Å². The maximum atomic E-state index is 6.69. The van der Waals surface area contributed by atoms with Crippen molar-refractivity contribution in [3.05, 3.63) is 176 Å². The van der Waals surface area contributed by atoms with Gasteiger partial charge in [-0.3, -0.25) is 4.40 Å². The zero-order valence-electron chi connectivity index (χ0n) is 26.5. The zero-order chi connectivity index (χ0) is 32.5. The molecule has 0 spiro atoms. The molecular weight excluding hydrogens is 632 g/mol. The van der Waals surface area contributed by atoms with Gasteiger partial charge in [0.25, 0.3) is 0 Å². The van der Waals surface area contributed by atoms with Crippen molar-refractivity contribution in [1.82, 2.24) is 9.38 Å². The van der Waals surface area contributed by atoms with Crippen LogP contribution in [0.15, 0.2) is 176 Å². The second-order valence-electron chi connectivity index (χ2n) is 12.7. The summed E-state index contributed by atoms with van der Waals surface area (Å²) >= 11 is 6.69. The Morgan fingerprint density at radius 3 is 1.88 bits per heavy atom. The molecule has 0 N–H and O–H groups in total. The molecule has 4 heteroatoms. The first-order chi connectivity index (χ1) is 24.2. The minimum absolute atomic E-state index is 0.994. The van der Waals surface area contributed by atoms with Crippen molar-refractivity contribution in [2.45, 2.75) is 0 Å². The standard InChI is InChI=1S/C45H29N2PS/c49-48(35-12-3-1-4-13-35,36-14-5-2-6-15-36)37-24-21-30-19-20-32(27-34(30)28-37)33-23-25-39-40-26-22-31-11-7-8-16-38(31)44(40)45-46-41-17-9-10-18-42(41)47(45)43(39)29-33/h1-29H. The van der Waals surface area contributed by atoms with Gasteiger partial charge in [0, 0.05) is 16.8 Å². The van der Waals surface area contributed by atoms with E-state index in [0.29, 0.717) is 0 Å². The van der Waals surface area contributed by atoms with Gasteiger partial charge >= 0.3 is 0 Å². The summed E-state index contributed by atoms with van der Waals surface area (Å²) in [6.45, 7) is 0. The van der Waals surface area contributed by atoms with Crippen LogP contribution in [0.5, 0.6) is 0 Å². The quantitative estimate of drug-likeness (QED) is 0.138. The molecule has 10 aromatic rings. The Labute approximate surface area is 288 Å². The van der Waals surface area contributed by atoms with E-state index in [0.717, 1.165) is 22.2 Å². The molecule has 49 heavy (non-hydrogen) atoms. The zero-order valence-corrected chi connectivity index (χ0v) is 28.2. The van der Waals surface area contributed by atoms with Crippen molar-refractivity contribution in [3.8, 4) is 11.1 Å². The number of rotatable bonds is 4. The van der Waals surface area contributed by atoms with Gasteiger partial charge in [-0.25, -0.2) is 4.98 Å². The van der Waals surface area contributed by atoms with Crippen LogP contribution in [0.4, 0.5) is 0 Å². The van der Waals surface area contributed by atoms with E-state index in [9.17, 15) is 0 Å². The van der Waals surface area contributed by atoms with Crippen molar-refractivity contribution in [1.29, 1.82) is 0 Å². The van der Waals surface area contributed by atoms with Gasteiger partial charge < -0.3 is 0 Å². The summed E-state index contributed by atoms with van der Waals surface area (Å²) in [4.78, 5) is 5.23. The van der Waals surface area contributed by atoms with Crippen molar-refractivity contribution in [2.24, 2.45) is 0 Å². The summed E-state index contributed by atoms with van der Waals surface area (Å²) in [5.41, 5.74) is 6.61. The summed E-state index contributed by atoms with van der Waals surface area (Å²) in [6.07, 6.45) is 0. The van der Waals surface area contributed by atoms with E-state index in [1.807, 2.05) is 0 Å². The average molecular weight is 661 g/mol. The number of nitrogens with zero attached hydrogens (tertiary/aromatic N) is 2. The number of hydrogen-bond donors (Lipinski definition) is 0. The molecule has 0 saturated carbocycles. The lowest BCUT2D eigenvalue weighted by Crippen LogP contribution is -2.24. The van der Waals surface area contributed by atoms with E-state index in [1.54, 1.807) is 0 Å². The molecule has 2 aromatic heterocycles. The summed E-state index contributed by atoms with van der Waals surface area (Å²) in [5, 5.41) is 12.1.